The van der Waals surface area contributed by atoms with Gasteiger partial charge in [-0.1, -0.05) is 5.92 Å². The van der Waals surface area contributed by atoms with Crippen molar-refractivity contribution in [2.45, 2.75) is 19.8 Å². The van der Waals surface area contributed by atoms with Crippen LogP contribution in [-0.2, 0) is 15.9 Å². The molecule has 7 nitrogen and oxygen atoms in total. The first-order chi connectivity index (χ1) is 14.1. The second-order valence-electron chi connectivity index (χ2n) is 6.41. The molecule has 0 saturated heterocycles. The number of carbonyl (C=O) groups is 1. The Morgan fingerprint density at radius 1 is 1.21 bits per heavy atom. The highest BCUT2D eigenvalue weighted by Crippen LogP contribution is 2.13. The number of nitrogens with one attached hydrogen (secondary N) is 1. The number of hydrogen-bond donors (Lipinski definition) is 2. The molecule has 0 aliphatic carbocycles. The van der Waals surface area contributed by atoms with Gasteiger partial charge < -0.3 is 19.9 Å². The molecule has 2 aromatic rings. The van der Waals surface area contributed by atoms with Crippen LogP contribution in [0.5, 0.6) is 0 Å². The van der Waals surface area contributed by atoms with Crippen LogP contribution in [0.15, 0.2) is 30.5 Å². The first-order valence-electron chi connectivity index (χ1n) is 9.56. The third-order valence-electron chi connectivity index (χ3n) is 3.98. The van der Waals surface area contributed by atoms with Gasteiger partial charge in [-0.15, -0.1) is 6.42 Å². The second-order valence-corrected chi connectivity index (χ2v) is 6.41. The molecule has 7 heteroatoms. The Hall–Kier alpha value is -2.79. The summed E-state index contributed by atoms with van der Waals surface area (Å²) in [5.74, 6) is 3.06. The standard InChI is InChI=1S/C22H27N3O4/c1-3-18-13-19(16-21-23-6-5-17(2)25-21)15-20(14-18)22(27)24-7-10-29-12-11-28-9-4-8-26/h1,5-6,13-15,26H,4,7-12,16H2,2H3,(H,24,27). The Bertz CT molecular complexity index is 833. The van der Waals surface area contributed by atoms with Gasteiger partial charge in [0, 0.05) is 49.2 Å². The first kappa shape index (κ1) is 22.5. The maximum atomic E-state index is 12.5. The number of aromatic nitrogens is 2. The summed E-state index contributed by atoms with van der Waals surface area (Å²) in [5.41, 5.74) is 2.90. The zero-order valence-corrected chi connectivity index (χ0v) is 16.7. The highest BCUT2D eigenvalue weighted by molar-refractivity contribution is 5.94. The number of amides is 1. The van der Waals surface area contributed by atoms with E-state index in [4.69, 9.17) is 21.0 Å². The van der Waals surface area contributed by atoms with Crippen LogP contribution in [0.2, 0.25) is 0 Å². The molecule has 0 spiro atoms. The summed E-state index contributed by atoms with van der Waals surface area (Å²) in [7, 11) is 0. The van der Waals surface area contributed by atoms with Crippen molar-refractivity contribution in [3.05, 3.63) is 58.7 Å². The highest BCUT2D eigenvalue weighted by Gasteiger charge is 2.09. The van der Waals surface area contributed by atoms with E-state index in [2.05, 4.69) is 21.2 Å². The highest BCUT2D eigenvalue weighted by atomic mass is 16.5. The van der Waals surface area contributed by atoms with E-state index in [1.165, 1.54) is 0 Å². The molecule has 1 aromatic heterocycles. The Labute approximate surface area is 171 Å². The van der Waals surface area contributed by atoms with Crippen molar-refractivity contribution in [1.82, 2.24) is 15.3 Å². The second kappa shape index (κ2) is 12.6. The van der Waals surface area contributed by atoms with Gasteiger partial charge in [0.1, 0.15) is 5.82 Å². The van der Waals surface area contributed by atoms with Crippen LogP contribution in [0.25, 0.3) is 0 Å². The van der Waals surface area contributed by atoms with Gasteiger partial charge >= 0.3 is 0 Å². The van der Waals surface area contributed by atoms with Gasteiger partial charge in [-0.3, -0.25) is 4.79 Å². The van der Waals surface area contributed by atoms with Crippen LogP contribution in [0.1, 0.15) is 39.4 Å². The van der Waals surface area contributed by atoms with E-state index in [0.29, 0.717) is 62.8 Å². The molecule has 0 radical (unpaired) electrons. The van der Waals surface area contributed by atoms with Gasteiger partial charge in [0.25, 0.3) is 5.91 Å². The first-order valence-corrected chi connectivity index (χ1v) is 9.56. The topological polar surface area (TPSA) is 93.6 Å². The lowest BCUT2D eigenvalue weighted by Crippen LogP contribution is -2.27. The molecule has 1 aromatic carbocycles. The maximum Gasteiger partial charge on any atom is 0.251 e. The number of aliphatic hydroxyl groups is 1. The van der Waals surface area contributed by atoms with Gasteiger partial charge in [0.2, 0.25) is 0 Å². The fraction of sp³-hybridized carbons (Fsp3) is 0.409. The average molecular weight is 397 g/mol. The van der Waals surface area contributed by atoms with Crippen LogP contribution in [-0.4, -0.2) is 60.6 Å². The largest absolute Gasteiger partial charge is 0.396 e. The lowest BCUT2D eigenvalue weighted by Gasteiger charge is -2.09. The van der Waals surface area contributed by atoms with Crippen molar-refractivity contribution >= 4 is 5.91 Å². The van der Waals surface area contributed by atoms with E-state index >= 15 is 0 Å². The van der Waals surface area contributed by atoms with Gasteiger partial charge in [0.15, 0.2) is 0 Å². The number of benzene rings is 1. The Balaban J connectivity index is 1.84. The molecule has 0 atom stereocenters. The molecule has 0 aliphatic rings. The summed E-state index contributed by atoms with van der Waals surface area (Å²) < 4.78 is 10.7. The number of ether oxygens (including phenoxy) is 2. The normalized spacial score (nSPS) is 10.5. The molecule has 1 heterocycles. The SMILES string of the molecule is C#Cc1cc(Cc2nccc(C)n2)cc(C(=O)NCCOCCOCCCO)c1. The van der Waals surface area contributed by atoms with Crippen molar-refractivity contribution in [2.75, 3.05) is 39.6 Å². The molecule has 0 unspecified atom stereocenters. The Kier molecular flexibility index (Phi) is 9.80. The fourth-order valence-electron chi connectivity index (χ4n) is 2.60. The molecule has 0 fully saturated rings. The van der Waals surface area contributed by atoms with E-state index in [1.54, 1.807) is 18.3 Å². The summed E-state index contributed by atoms with van der Waals surface area (Å²) in [6, 6.07) is 7.19. The van der Waals surface area contributed by atoms with Gasteiger partial charge in [-0.25, -0.2) is 9.97 Å². The minimum absolute atomic E-state index is 0.119. The summed E-state index contributed by atoms with van der Waals surface area (Å²) in [5, 5.41) is 11.5. The van der Waals surface area contributed by atoms with E-state index < -0.39 is 0 Å². The van der Waals surface area contributed by atoms with Gasteiger partial charge in [0.05, 0.1) is 19.8 Å². The third kappa shape index (κ3) is 8.40. The van der Waals surface area contributed by atoms with Crippen molar-refractivity contribution in [2.24, 2.45) is 0 Å². The van der Waals surface area contributed by atoms with Gasteiger partial charge in [-0.2, -0.15) is 0 Å². The van der Waals surface area contributed by atoms with Crippen LogP contribution in [0.4, 0.5) is 0 Å². The quantitative estimate of drug-likeness (QED) is 0.416. The summed E-state index contributed by atoms with van der Waals surface area (Å²) >= 11 is 0. The number of hydrogen-bond acceptors (Lipinski definition) is 6. The molecule has 0 bridgehead atoms. The van der Waals surface area contributed by atoms with E-state index in [-0.39, 0.29) is 12.5 Å². The Morgan fingerprint density at radius 3 is 2.72 bits per heavy atom. The lowest BCUT2D eigenvalue weighted by atomic mass is 10.0. The maximum absolute atomic E-state index is 12.5. The van der Waals surface area contributed by atoms with E-state index in [1.807, 2.05) is 19.1 Å². The van der Waals surface area contributed by atoms with Gasteiger partial charge in [-0.05, 0) is 43.2 Å². The minimum atomic E-state index is -0.212. The number of aryl methyl sites for hydroxylation is 1. The van der Waals surface area contributed by atoms with Crippen LogP contribution in [0.3, 0.4) is 0 Å². The van der Waals surface area contributed by atoms with Crippen molar-refractivity contribution < 1.29 is 19.4 Å². The molecule has 29 heavy (non-hydrogen) atoms. The predicted octanol–water partition coefficient (Wildman–Crippen LogP) is 1.50. The minimum Gasteiger partial charge on any atom is -0.396 e. The average Bonchev–Trinajstić information content (AvgIpc) is 2.72. The lowest BCUT2D eigenvalue weighted by molar-refractivity contribution is 0.0432. The summed E-state index contributed by atoms with van der Waals surface area (Å²) in [6.45, 7) is 4.20. The van der Waals surface area contributed by atoms with Crippen LogP contribution < -0.4 is 5.32 Å². The third-order valence-corrected chi connectivity index (χ3v) is 3.98. The molecular formula is C22H27N3O4. The fourth-order valence-corrected chi connectivity index (χ4v) is 2.60. The number of rotatable bonds is 12. The van der Waals surface area contributed by atoms with Crippen LogP contribution in [0, 0.1) is 19.3 Å². The molecule has 1 amide bonds. The molecule has 2 N–H and O–H groups in total. The van der Waals surface area contributed by atoms with E-state index in [9.17, 15) is 4.79 Å². The monoisotopic (exact) mass is 397 g/mol. The van der Waals surface area contributed by atoms with Crippen LogP contribution >= 0.6 is 0 Å². The van der Waals surface area contributed by atoms with Crippen molar-refractivity contribution in [3.63, 3.8) is 0 Å². The molecule has 0 aliphatic heterocycles. The smallest absolute Gasteiger partial charge is 0.251 e. The number of carbonyl (C=O) groups excluding carboxylic acids is 1. The Morgan fingerprint density at radius 2 is 2.00 bits per heavy atom. The summed E-state index contributed by atoms with van der Waals surface area (Å²) in [6.07, 6.45) is 8.37. The number of terminal acetylenes is 1. The van der Waals surface area contributed by atoms with E-state index in [0.717, 1.165) is 11.3 Å². The zero-order chi connectivity index (χ0) is 20.9. The molecular weight excluding hydrogens is 370 g/mol. The summed E-state index contributed by atoms with van der Waals surface area (Å²) in [4.78, 5) is 21.1. The molecule has 0 saturated carbocycles. The molecule has 2 rings (SSSR count). The number of nitrogens with zero attached hydrogens (tertiary/aromatic N) is 2. The van der Waals surface area contributed by atoms with Crippen molar-refractivity contribution in [1.29, 1.82) is 0 Å². The number of aliphatic hydroxyl groups excluding tert-OH is 1. The molecule has 154 valence electrons. The zero-order valence-electron chi connectivity index (χ0n) is 16.7. The predicted molar refractivity (Wildman–Crippen MR) is 110 cm³/mol. The van der Waals surface area contributed by atoms with Crippen molar-refractivity contribution in [3.8, 4) is 12.3 Å².